The lowest BCUT2D eigenvalue weighted by atomic mass is 10.2. The van der Waals surface area contributed by atoms with Crippen LogP contribution in [0.3, 0.4) is 0 Å². The number of hydrogen-bond donors (Lipinski definition) is 2. The van der Waals surface area contributed by atoms with Gasteiger partial charge in [0.25, 0.3) is 0 Å². The van der Waals surface area contributed by atoms with Gasteiger partial charge in [-0.05, 0) is 32.1 Å². The molecule has 13 heavy (non-hydrogen) atoms. The van der Waals surface area contributed by atoms with Gasteiger partial charge in [-0.25, -0.2) is 0 Å². The van der Waals surface area contributed by atoms with Crippen LogP contribution >= 0.6 is 0 Å². The maximum Gasteiger partial charge on any atom is 0.247 e. The predicted octanol–water partition coefficient (Wildman–Crippen LogP) is 0.738. The monoisotopic (exact) mass is 181 g/mol. The Labute approximate surface area is 77.8 Å². The SMILES string of the molecule is O=C(NC1(CO)CC1)C1=CCCC1. The fraction of sp³-hybridized carbons (Fsp3) is 0.700. The first-order valence-corrected chi connectivity index (χ1v) is 4.88. The lowest BCUT2D eigenvalue weighted by Crippen LogP contribution is -2.40. The number of amides is 1. The van der Waals surface area contributed by atoms with E-state index in [-0.39, 0.29) is 18.1 Å². The van der Waals surface area contributed by atoms with E-state index >= 15 is 0 Å². The van der Waals surface area contributed by atoms with E-state index in [1.807, 2.05) is 6.08 Å². The van der Waals surface area contributed by atoms with Crippen LogP contribution in [-0.2, 0) is 4.79 Å². The minimum Gasteiger partial charge on any atom is -0.394 e. The number of hydrogen-bond acceptors (Lipinski definition) is 2. The molecular weight excluding hydrogens is 166 g/mol. The van der Waals surface area contributed by atoms with Crippen LogP contribution in [-0.4, -0.2) is 23.2 Å². The van der Waals surface area contributed by atoms with Crippen LogP contribution < -0.4 is 5.32 Å². The van der Waals surface area contributed by atoms with Crippen LogP contribution in [0, 0.1) is 0 Å². The number of rotatable bonds is 3. The van der Waals surface area contributed by atoms with Gasteiger partial charge in [0.2, 0.25) is 5.91 Å². The smallest absolute Gasteiger partial charge is 0.247 e. The number of aliphatic hydroxyl groups excluding tert-OH is 1. The first-order valence-electron chi connectivity index (χ1n) is 4.88. The largest absolute Gasteiger partial charge is 0.394 e. The molecule has 2 aliphatic carbocycles. The van der Waals surface area contributed by atoms with Crippen molar-refractivity contribution in [1.29, 1.82) is 0 Å². The third-order valence-corrected chi connectivity index (χ3v) is 2.87. The highest BCUT2D eigenvalue weighted by Gasteiger charge is 2.43. The Bertz CT molecular complexity index is 254. The molecule has 0 atom stereocenters. The van der Waals surface area contributed by atoms with Gasteiger partial charge in [-0.3, -0.25) is 4.79 Å². The average molecular weight is 181 g/mol. The zero-order valence-electron chi connectivity index (χ0n) is 7.68. The molecule has 0 saturated heterocycles. The van der Waals surface area contributed by atoms with E-state index in [0.717, 1.165) is 37.7 Å². The molecule has 0 unspecified atom stereocenters. The summed E-state index contributed by atoms with van der Waals surface area (Å²) in [6, 6.07) is 0. The van der Waals surface area contributed by atoms with Crippen LogP contribution in [0.4, 0.5) is 0 Å². The second-order valence-electron chi connectivity index (χ2n) is 4.01. The van der Waals surface area contributed by atoms with Gasteiger partial charge in [0.1, 0.15) is 0 Å². The van der Waals surface area contributed by atoms with E-state index in [1.165, 1.54) is 0 Å². The second-order valence-corrected chi connectivity index (χ2v) is 4.01. The minimum absolute atomic E-state index is 0.0315. The highest BCUT2D eigenvalue weighted by Crippen LogP contribution is 2.35. The summed E-state index contributed by atoms with van der Waals surface area (Å²) < 4.78 is 0. The summed E-state index contributed by atoms with van der Waals surface area (Å²) in [5, 5.41) is 11.9. The van der Waals surface area contributed by atoms with Crippen molar-refractivity contribution in [2.45, 2.75) is 37.6 Å². The molecule has 0 aromatic carbocycles. The summed E-state index contributed by atoms with van der Waals surface area (Å²) in [7, 11) is 0. The molecule has 1 fully saturated rings. The Kier molecular flexibility index (Phi) is 2.12. The van der Waals surface area contributed by atoms with Crippen molar-refractivity contribution in [2.75, 3.05) is 6.61 Å². The zero-order valence-corrected chi connectivity index (χ0v) is 7.68. The molecule has 1 saturated carbocycles. The number of aliphatic hydroxyl groups is 1. The molecule has 0 spiro atoms. The fourth-order valence-electron chi connectivity index (χ4n) is 1.67. The molecule has 3 heteroatoms. The maximum absolute atomic E-state index is 11.6. The number of carbonyl (C=O) groups excluding carboxylic acids is 1. The number of carbonyl (C=O) groups is 1. The lowest BCUT2D eigenvalue weighted by Gasteiger charge is -2.14. The predicted molar refractivity (Wildman–Crippen MR) is 49.1 cm³/mol. The Hall–Kier alpha value is -0.830. The van der Waals surface area contributed by atoms with Gasteiger partial charge in [-0.15, -0.1) is 0 Å². The molecule has 1 amide bonds. The quantitative estimate of drug-likeness (QED) is 0.674. The maximum atomic E-state index is 11.6. The normalized spacial score (nSPS) is 23.9. The fourth-order valence-corrected chi connectivity index (χ4v) is 1.67. The average Bonchev–Trinajstić information content (AvgIpc) is 2.69. The second kappa shape index (κ2) is 3.14. The summed E-state index contributed by atoms with van der Waals surface area (Å²) >= 11 is 0. The van der Waals surface area contributed by atoms with Crippen molar-refractivity contribution >= 4 is 5.91 Å². The van der Waals surface area contributed by atoms with Gasteiger partial charge in [0.15, 0.2) is 0 Å². The lowest BCUT2D eigenvalue weighted by molar-refractivity contribution is -0.118. The summed E-state index contributed by atoms with van der Waals surface area (Å²) in [6.45, 7) is 0.0754. The molecule has 0 radical (unpaired) electrons. The molecule has 2 rings (SSSR count). The van der Waals surface area contributed by atoms with Crippen molar-refractivity contribution in [1.82, 2.24) is 5.32 Å². The van der Waals surface area contributed by atoms with Crippen LogP contribution in [0.1, 0.15) is 32.1 Å². The van der Waals surface area contributed by atoms with Crippen molar-refractivity contribution in [3.05, 3.63) is 11.6 Å². The topological polar surface area (TPSA) is 49.3 Å². The molecule has 0 heterocycles. The summed E-state index contributed by atoms with van der Waals surface area (Å²) in [5.74, 6) is 0.0315. The molecule has 0 bridgehead atoms. The van der Waals surface area contributed by atoms with Crippen molar-refractivity contribution in [3.8, 4) is 0 Å². The van der Waals surface area contributed by atoms with Crippen molar-refractivity contribution in [2.24, 2.45) is 0 Å². The van der Waals surface area contributed by atoms with Crippen molar-refractivity contribution in [3.63, 3.8) is 0 Å². The van der Waals surface area contributed by atoms with Crippen LogP contribution in [0.2, 0.25) is 0 Å². The van der Waals surface area contributed by atoms with E-state index in [0.29, 0.717) is 0 Å². The van der Waals surface area contributed by atoms with E-state index in [2.05, 4.69) is 5.32 Å². The molecular formula is C10H15NO2. The van der Waals surface area contributed by atoms with E-state index < -0.39 is 0 Å². The Morgan fingerprint density at radius 2 is 2.38 bits per heavy atom. The standard InChI is InChI=1S/C10H15NO2/c12-7-10(5-6-10)11-9(13)8-3-1-2-4-8/h3,12H,1-2,4-7H2,(H,11,13). The summed E-state index contributed by atoms with van der Waals surface area (Å²) in [6.07, 6.45) is 6.85. The van der Waals surface area contributed by atoms with Gasteiger partial charge in [-0.2, -0.15) is 0 Å². The van der Waals surface area contributed by atoms with Crippen molar-refractivity contribution < 1.29 is 9.90 Å². The van der Waals surface area contributed by atoms with Gasteiger partial charge < -0.3 is 10.4 Å². The van der Waals surface area contributed by atoms with E-state index in [1.54, 1.807) is 0 Å². The molecule has 0 aliphatic heterocycles. The Morgan fingerprint density at radius 1 is 1.62 bits per heavy atom. The number of allylic oxidation sites excluding steroid dienone is 1. The van der Waals surface area contributed by atoms with Gasteiger partial charge in [0, 0.05) is 5.57 Å². The molecule has 3 nitrogen and oxygen atoms in total. The van der Waals surface area contributed by atoms with Gasteiger partial charge in [-0.1, -0.05) is 6.08 Å². The Balaban J connectivity index is 1.91. The summed E-state index contributed by atoms with van der Waals surface area (Å²) in [5.41, 5.74) is 0.639. The third kappa shape index (κ3) is 1.75. The third-order valence-electron chi connectivity index (χ3n) is 2.87. The van der Waals surface area contributed by atoms with Gasteiger partial charge in [0.05, 0.1) is 12.1 Å². The first kappa shape index (κ1) is 8.75. The number of nitrogens with one attached hydrogen (secondary N) is 1. The molecule has 72 valence electrons. The highest BCUT2D eigenvalue weighted by atomic mass is 16.3. The zero-order chi connectivity index (χ0) is 9.31. The molecule has 0 aromatic rings. The first-order chi connectivity index (χ1) is 6.26. The minimum atomic E-state index is -0.263. The molecule has 2 aliphatic rings. The van der Waals surface area contributed by atoms with E-state index in [4.69, 9.17) is 5.11 Å². The van der Waals surface area contributed by atoms with Gasteiger partial charge >= 0.3 is 0 Å². The van der Waals surface area contributed by atoms with Crippen LogP contribution in [0.25, 0.3) is 0 Å². The van der Waals surface area contributed by atoms with Crippen LogP contribution in [0.5, 0.6) is 0 Å². The van der Waals surface area contributed by atoms with Crippen LogP contribution in [0.15, 0.2) is 11.6 Å². The molecule has 2 N–H and O–H groups in total. The highest BCUT2D eigenvalue weighted by molar-refractivity contribution is 5.94. The molecule has 0 aromatic heterocycles. The Morgan fingerprint density at radius 3 is 2.85 bits per heavy atom. The van der Waals surface area contributed by atoms with E-state index in [9.17, 15) is 4.79 Å². The summed E-state index contributed by atoms with van der Waals surface area (Å²) in [4.78, 5) is 11.6.